The monoisotopic (exact) mass is 372 g/mol. The molecule has 0 fully saturated rings. The number of hydrogen-bond acceptors (Lipinski definition) is 5. The molecule has 0 unspecified atom stereocenters. The molecule has 2 aromatic rings. The van der Waals surface area contributed by atoms with Crippen LogP contribution in [-0.4, -0.2) is 26.3 Å². The first-order valence-corrected chi connectivity index (χ1v) is 9.69. The topological polar surface area (TPSA) is 84.8 Å². The highest BCUT2D eigenvalue weighted by atomic mass is 32.2. The lowest BCUT2D eigenvalue weighted by atomic mass is 10.1. The van der Waals surface area contributed by atoms with Crippen molar-refractivity contribution in [2.24, 2.45) is 4.99 Å². The maximum atomic E-state index is 12.3. The van der Waals surface area contributed by atoms with Gasteiger partial charge < -0.3 is 4.74 Å². The van der Waals surface area contributed by atoms with Crippen molar-refractivity contribution in [3.63, 3.8) is 0 Å². The van der Waals surface area contributed by atoms with Crippen LogP contribution in [0.3, 0.4) is 0 Å². The number of nitrogens with zero attached hydrogens (tertiary/aromatic N) is 1. The van der Waals surface area contributed by atoms with E-state index in [2.05, 4.69) is 9.71 Å². The van der Waals surface area contributed by atoms with Gasteiger partial charge in [0.25, 0.3) is 10.0 Å². The van der Waals surface area contributed by atoms with E-state index in [0.29, 0.717) is 5.56 Å². The van der Waals surface area contributed by atoms with Crippen LogP contribution in [0.4, 0.5) is 0 Å². The third-order valence-corrected chi connectivity index (χ3v) is 5.60. The Kier molecular flexibility index (Phi) is 4.82. The summed E-state index contributed by atoms with van der Waals surface area (Å²) in [5, 5.41) is 0. The maximum absolute atomic E-state index is 12.3. The van der Waals surface area contributed by atoms with Crippen molar-refractivity contribution in [1.29, 1.82) is 0 Å². The molecule has 0 saturated heterocycles. The average molecular weight is 372 g/mol. The standard InChI is InChI=1S/C19H20N2O4S/c1-12-8-9-13(2)15(10-12)11-25-19(22)14(3)20-18-16-6-4-5-7-17(16)26(23,24)21-18/h4-10,14H,11H2,1-3H3,(H,20,21)/t14-/m0/s1. The number of carbonyl (C=O) groups is 1. The molecule has 0 spiro atoms. The zero-order chi connectivity index (χ0) is 18.9. The summed E-state index contributed by atoms with van der Waals surface area (Å²) in [6.07, 6.45) is 0. The fourth-order valence-corrected chi connectivity index (χ4v) is 3.94. The maximum Gasteiger partial charge on any atom is 0.330 e. The van der Waals surface area contributed by atoms with Crippen LogP contribution >= 0.6 is 0 Å². The van der Waals surface area contributed by atoms with Crippen LogP contribution < -0.4 is 4.72 Å². The Labute approximate surface area is 153 Å². The van der Waals surface area contributed by atoms with Gasteiger partial charge in [0.2, 0.25) is 0 Å². The van der Waals surface area contributed by atoms with E-state index >= 15 is 0 Å². The van der Waals surface area contributed by atoms with Crippen LogP contribution in [0.2, 0.25) is 0 Å². The van der Waals surface area contributed by atoms with E-state index in [1.54, 1.807) is 25.1 Å². The minimum absolute atomic E-state index is 0.157. The van der Waals surface area contributed by atoms with E-state index in [4.69, 9.17) is 4.74 Å². The predicted molar refractivity (Wildman–Crippen MR) is 98.5 cm³/mol. The number of esters is 1. The molecule has 1 aliphatic heterocycles. The van der Waals surface area contributed by atoms with Gasteiger partial charge in [0.1, 0.15) is 18.5 Å². The van der Waals surface area contributed by atoms with E-state index in [1.807, 2.05) is 32.0 Å². The molecule has 0 saturated carbocycles. The van der Waals surface area contributed by atoms with E-state index in [1.165, 1.54) is 6.07 Å². The summed E-state index contributed by atoms with van der Waals surface area (Å²) in [5.41, 5.74) is 3.53. The molecule has 6 nitrogen and oxygen atoms in total. The largest absolute Gasteiger partial charge is 0.459 e. The van der Waals surface area contributed by atoms with Gasteiger partial charge in [-0.15, -0.1) is 0 Å². The number of carbonyl (C=O) groups excluding carboxylic acids is 1. The van der Waals surface area contributed by atoms with Gasteiger partial charge in [-0.1, -0.05) is 35.9 Å². The third-order valence-electron chi connectivity index (χ3n) is 4.20. The van der Waals surface area contributed by atoms with E-state index in [9.17, 15) is 13.2 Å². The van der Waals surface area contributed by atoms with Gasteiger partial charge in [0.05, 0.1) is 4.90 Å². The first-order valence-electron chi connectivity index (χ1n) is 8.21. The highest BCUT2D eigenvalue weighted by molar-refractivity contribution is 7.90. The van der Waals surface area contributed by atoms with Gasteiger partial charge in [-0.3, -0.25) is 9.71 Å². The first-order chi connectivity index (χ1) is 12.3. The molecule has 1 N–H and O–H groups in total. The van der Waals surface area contributed by atoms with Crippen LogP contribution in [-0.2, 0) is 26.2 Å². The number of amidine groups is 1. The number of benzene rings is 2. The summed E-state index contributed by atoms with van der Waals surface area (Å²) < 4.78 is 31.9. The Morgan fingerprint density at radius 1 is 1.19 bits per heavy atom. The number of nitrogens with one attached hydrogen (secondary N) is 1. The number of aliphatic imine (C=N–C) groups is 1. The Bertz CT molecular complexity index is 996. The number of aryl methyl sites for hydroxylation is 2. The molecule has 1 aliphatic rings. The quantitative estimate of drug-likeness (QED) is 0.836. The van der Waals surface area contributed by atoms with Crippen molar-refractivity contribution in [3.05, 3.63) is 64.7 Å². The molecule has 0 radical (unpaired) electrons. The molecule has 0 bridgehead atoms. The number of sulfonamides is 1. The normalized spacial score (nSPS) is 17.4. The van der Waals surface area contributed by atoms with Gasteiger partial charge in [-0.05, 0) is 44.0 Å². The molecular formula is C19H20N2O4S. The molecular weight excluding hydrogens is 352 g/mol. The number of fused-ring (bicyclic) bond motifs is 1. The number of ether oxygens (including phenoxy) is 1. The van der Waals surface area contributed by atoms with Crippen molar-refractivity contribution in [3.8, 4) is 0 Å². The second-order valence-electron chi connectivity index (χ2n) is 6.29. The van der Waals surface area contributed by atoms with E-state index in [0.717, 1.165) is 16.7 Å². The second-order valence-corrected chi connectivity index (χ2v) is 7.94. The molecule has 26 heavy (non-hydrogen) atoms. The first kappa shape index (κ1) is 18.1. The molecule has 0 aromatic heterocycles. The summed E-state index contributed by atoms with van der Waals surface area (Å²) in [5.74, 6) is -0.348. The smallest absolute Gasteiger partial charge is 0.330 e. The van der Waals surface area contributed by atoms with Crippen molar-refractivity contribution >= 4 is 21.8 Å². The Morgan fingerprint density at radius 2 is 1.92 bits per heavy atom. The van der Waals surface area contributed by atoms with Crippen LogP contribution in [0.1, 0.15) is 29.2 Å². The zero-order valence-electron chi connectivity index (χ0n) is 14.8. The fourth-order valence-electron chi connectivity index (χ4n) is 2.70. The van der Waals surface area contributed by atoms with Crippen LogP contribution in [0.15, 0.2) is 52.4 Å². The summed E-state index contributed by atoms with van der Waals surface area (Å²) in [7, 11) is -3.62. The summed E-state index contributed by atoms with van der Waals surface area (Å²) >= 11 is 0. The molecule has 0 amide bonds. The Morgan fingerprint density at radius 3 is 2.69 bits per heavy atom. The van der Waals surface area contributed by atoms with Crippen LogP contribution in [0.25, 0.3) is 0 Å². The highest BCUT2D eigenvalue weighted by Crippen LogP contribution is 2.22. The molecule has 2 aromatic carbocycles. The molecule has 0 aliphatic carbocycles. The van der Waals surface area contributed by atoms with Gasteiger partial charge >= 0.3 is 5.97 Å². The lowest BCUT2D eigenvalue weighted by Crippen LogP contribution is -2.26. The summed E-state index contributed by atoms with van der Waals surface area (Å²) in [6, 6.07) is 11.6. The van der Waals surface area contributed by atoms with Crippen molar-refractivity contribution in [2.45, 2.75) is 38.3 Å². The average Bonchev–Trinajstić information content (AvgIpc) is 2.86. The van der Waals surface area contributed by atoms with Crippen LogP contribution in [0, 0.1) is 13.8 Å². The van der Waals surface area contributed by atoms with Crippen LogP contribution in [0.5, 0.6) is 0 Å². The van der Waals surface area contributed by atoms with Crippen molar-refractivity contribution in [1.82, 2.24) is 4.72 Å². The molecule has 1 heterocycles. The molecule has 3 rings (SSSR count). The van der Waals surface area contributed by atoms with Gasteiger partial charge in [0, 0.05) is 5.56 Å². The van der Waals surface area contributed by atoms with E-state index < -0.39 is 22.0 Å². The van der Waals surface area contributed by atoms with E-state index in [-0.39, 0.29) is 17.3 Å². The third kappa shape index (κ3) is 3.62. The van der Waals surface area contributed by atoms with Gasteiger partial charge in [-0.2, -0.15) is 0 Å². The zero-order valence-corrected chi connectivity index (χ0v) is 15.6. The fraction of sp³-hybridized carbons (Fsp3) is 0.263. The minimum atomic E-state index is -3.62. The minimum Gasteiger partial charge on any atom is -0.459 e. The van der Waals surface area contributed by atoms with Gasteiger partial charge in [0.15, 0.2) is 0 Å². The molecule has 7 heteroatoms. The summed E-state index contributed by atoms with van der Waals surface area (Å²) in [6.45, 7) is 5.66. The Hall–Kier alpha value is -2.67. The predicted octanol–water partition coefficient (Wildman–Crippen LogP) is 2.47. The van der Waals surface area contributed by atoms with Gasteiger partial charge in [-0.25, -0.2) is 13.2 Å². The van der Waals surface area contributed by atoms with Crippen molar-refractivity contribution < 1.29 is 17.9 Å². The second kappa shape index (κ2) is 6.92. The highest BCUT2D eigenvalue weighted by Gasteiger charge is 2.31. The SMILES string of the molecule is Cc1ccc(C)c(COC(=O)[C@H](C)N=C2NS(=O)(=O)c3ccccc32)c1. The lowest BCUT2D eigenvalue weighted by molar-refractivity contribution is -0.146. The van der Waals surface area contributed by atoms with Crippen molar-refractivity contribution in [2.75, 3.05) is 0 Å². The molecule has 1 atom stereocenters. The Balaban J connectivity index is 1.74. The number of rotatable bonds is 4. The lowest BCUT2D eigenvalue weighted by Gasteiger charge is -2.11. The molecule has 136 valence electrons. The summed E-state index contributed by atoms with van der Waals surface area (Å²) in [4.78, 5) is 16.6. The number of hydrogen-bond donors (Lipinski definition) is 1.